The van der Waals surface area contributed by atoms with Crippen LogP contribution in [0.25, 0.3) is 0 Å². The average Bonchev–Trinajstić information content (AvgIpc) is 2.18. The standard InChI is InChI=1S/C14H29NO3/c1-13(2)10-12(11-14(3,4)15-13)18-9-8-17-7-6-16-5/h12,15H,6-11H2,1-5H3. The van der Waals surface area contributed by atoms with E-state index < -0.39 is 0 Å². The molecule has 0 bridgehead atoms. The minimum atomic E-state index is 0.142. The minimum absolute atomic E-state index is 0.142. The van der Waals surface area contributed by atoms with Gasteiger partial charge in [-0.2, -0.15) is 0 Å². The second-order valence-corrected chi connectivity index (χ2v) is 6.40. The van der Waals surface area contributed by atoms with Gasteiger partial charge in [-0.3, -0.25) is 0 Å². The van der Waals surface area contributed by atoms with Crippen LogP contribution in [0.15, 0.2) is 0 Å². The summed E-state index contributed by atoms with van der Waals surface area (Å²) in [7, 11) is 1.68. The first-order chi connectivity index (χ1) is 8.35. The van der Waals surface area contributed by atoms with Crippen molar-refractivity contribution in [1.82, 2.24) is 5.32 Å². The molecule has 0 unspecified atom stereocenters. The predicted octanol–water partition coefficient (Wildman–Crippen LogP) is 1.98. The highest BCUT2D eigenvalue weighted by molar-refractivity contribution is 4.97. The van der Waals surface area contributed by atoms with E-state index in [1.807, 2.05) is 0 Å². The van der Waals surface area contributed by atoms with E-state index in [1.165, 1.54) is 0 Å². The van der Waals surface area contributed by atoms with Crippen molar-refractivity contribution in [3.8, 4) is 0 Å². The van der Waals surface area contributed by atoms with Crippen LogP contribution >= 0.6 is 0 Å². The summed E-state index contributed by atoms with van der Waals surface area (Å²) in [4.78, 5) is 0. The summed E-state index contributed by atoms with van der Waals surface area (Å²) >= 11 is 0. The third-order valence-electron chi connectivity index (χ3n) is 3.17. The maximum absolute atomic E-state index is 5.93. The molecular formula is C14H29NO3. The second kappa shape index (κ2) is 6.85. The van der Waals surface area contributed by atoms with Crippen molar-refractivity contribution in [2.45, 2.75) is 57.7 Å². The Bertz CT molecular complexity index is 225. The molecule has 1 aliphatic rings. The Hall–Kier alpha value is -0.160. The number of nitrogens with one attached hydrogen (secondary N) is 1. The third kappa shape index (κ3) is 6.14. The predicted molar refractivity (Wildman–Crippen MR) is 73.0 cm³/mol. The van der Waals surface area contributed by atoms with Crippen molar-refractivity contribution < 1.29 is 14.2 Å². The molecule has 4 heteroatoms. The number of piperidine rings is 1. The highest BCUT2D eigenvalue weighted by Crippen LogP contribution is 2.30. The van der Waals surface area contributed by atoms with Crippen molar-refractivity contribution in [2.24, 2.45) is 0 Å². The molecule has 1 heterocycles. The first-order valence-electron chi connectivity index (χ1n) is 6.82. The minimum Gasteiger partial charge on any atom is -0.382 e. The normalized spacial score (nSPS) is 23.2. The van der Waals surface area contributed by atoms with Gasteiger partial charge in [-0.05, 0) is 40.5 Å². The van der Waals surface area contributed by atoms with E-state index in [9.17, 15) is 0 Å². The van der Waals surface area contributed by atoms with Crippen LogP contribution in [-0.4, -0.2) is 50.7 Å². The fourth-order valence-electron chi connectivity index (χ4n) is 2.86. The van der Waals surface area contributed by atoms with Gasteiger partial charge >= 0.3 is 0 Å². The molecule has 1 saturated heterocycles. The molecule has 0 spiro atoms. The van der Waals surface area contributed by atoms with Gasteiger partial charge in [0.2, 0.25) is 0 Å². The summed E-state index contributed by atoms with van der Waals surface area (Å²) in [5.74, 6) is 0. The van der Waals surface area contributed by atoms with Gasteiger partial charge in [-0.1, -0.05) is 0 Å². The fourth-order valence-corrected chi connectivity index (χ4v) is 2.86. The van der Waals surface area contributed by atoms with E-state index in [1.54, 1.807) is 7.11 Å². The molecule has 108 valence electrons. The van der Waals surface area contributed by atoms with Crippen LogP contribution in [0, 0.1) is 0 Å². The van der Waals surface area contributed by atoms with Crippen molar-refractivity contribution in [2.75, 3.05) is 33.5 Å². The molecule has 0 radical (unpaired) electrons. The van der Waals surface area contributed by atoms with Gasteiger partial charge in [0.05, 0.1) is 32.5 Å². The molecule has 0 atom stereocenters. The van der Waals surface area contributed by atoms with Gasteiger partial charge in [-0.15, -0.1) is 0 Å². The van der Waals surface area contributed by atoms with Crippen LogP contribution in [-0.2, 0) is 14.2 Å². The van der Waals surface area contributed by atoms with Gasteiger partial charge in [0.1, 0.15) is 0 Å². The fraction of sp³-hybridized carbons (Fsp3) is 1.00. The summed E-state index contributed by atoms with van der Waals surface area (Å²) in [6.45, 7) is 11.5. The highest BCUT2D eigenvalue weighted by Gasteiger charge is 2.37. The summed E-state index contributed by atoms with van der Waals surface area (Å²) in [5, 5.41) is 3.65. The zero-order valence-corrected chi connectivity index (χ0v) is 12.5. The van der Waals surface area contributed by atoms with Crippen LogP contribution < -0.4 is 5.32 Å². The Morgan fingerprint density at radius 1 is 0.944 bits per heavy atom. The van der Waals surface area contributed by atoms with E-state index in [2.05, 4.69) is 33.0 Å². The Morgan fingerprint density at radius 2 is 1.50 bits per heavy atom. The number of rotatable bonds is 7. The van der Waals surface area contributed by atoms with Crippen LogP contribution in [0.1, 0.15) is 40.5 Å². The molecule has 4 nitrogen and oxygen atoms in total. The van der Waals surface area contributed by atoms with E-state index in [0.29, 0.717) is 32.5 Å². The molecular weight excluding hydrogens is 230 g/mol. The molecule has 0 aromatic heterocycles. The molecule has 0 aromatic rings. The number of ether oxygens (including phenoxy) is 3. The van der Waals surface area contributed by atoms with Crippen molar-refractivity contribution >= 4 is 0 Å². The summed E-state index contributed by atoms with van der Waals surface area (Å²) in [5.41, 5.74) is 0.284. The summed E-state index contributed by atoms with van der Waals surface area (Å²) in [6, 6.07) is 0. The first kappa shape index (κ1) is 15.9. The second-order valence-electron chi connectivity index (χ2n) is 6.40. The average molecular weight is 259 g/mol. The number of hydrogen-bond acceptors (Lipinski definition) is 4. The van der Waals surface area contributed by atoms with Gasteiger partial charge < -0.3 is 19.5 Å². The highest BCUT2D eigenvalue weighted by atomic mass is 16.5. The maximum Gasteiger partial charge on any atom is 0.0704 e. The van der Waals surface area contributed by atoms with Crippen LogP contribution in [0.2, 0.25) is 0 Å². The maximum atomic E-state index is 5.93. The number of hydrogen-bond donors (Lipinski definition) is 1. The smallest absolute Gasteiger partial charge is 0.0704 e. The topological polar surface area (TPSA) is 39.7 Å². The van der Waals surface area contributed by atoms with Crippen LogP contribution in [0.5, 0.6) is 0 Å². The Morgan fingerprint density at radius 3 is 2.06 bits per heavy atom. The third-order valence-corrected chi connectivity index (χ3v) is 3.17. The van der Waals surface area contributed by atoms with E-state index in [0.717, 1.165) is 12.8 Å². The summed E-state index contributed by atoms with van der Waals surface area (Å²) in [6.07, 6.45) is 2.42. The lowest BCUT2D eigenvalue weighted by Gasteiger charge is -2.46. The largest absolute Gasteiger partial charge is 0.382 e. The lowest BCUT2D eigenvalue weighted by atomic mass is 9.81. The van der Waals surface area contributed by atoms with Gasteiger partial charge in [0.15, 0.2) is 0 Å². The van der Waals surface area contributed by atoms with Crippen LogP contribution in [0.4, 0.5) is 0 Å². The Balaban J connectivity index is 2.21. The zero-order valence-electron chi connectivity index (χ0n) is 12.5. The monoisotopic (exact) mass is 259 g/mol. The van der Waals surface area contributed by atoms with E-state index in [-0.39, 0.29) is 11.1 Å². The zero-order chi connectivity index (χ0) is 13.6. The molecule has 18 heavy (non-hydrogen) atoms. The van der Waals surface area contributed by atoms with E-state index in [4.69, 9.17) is 14.2 Å². The SMILES string of the molecule is COCCOCCOC1CC(C)(C)NC(C)(C)C1. The van der Waals surface area contributed by atoms with Gasteiger partial charge in [-0.25, -0.2) is 0 Å². The Labute approximate surface area is 111 Å². The molecule has 1 N–H and O–H groups in total. The quantitative estimate of drug-likeness (QED) is 0.710. The van der Waals surface area contributed by atoms with Crippen molar-refractivity contribution in [3.63, 3.8) is 0 Å². The molecule has 0 aliphatic carbocycles. The van der Waals surface area contributed by atoms with Gasteiger partial charge in [0.25, 0.3) is 0 Å². The molecule has 0 saturated carbocycles. The molecule has 1 fully saturated rings. The first-order valence-corrected chi connectivity index (χ1v) is 6.82. The van der Waals surface area contributed by atoms with Crippen molar-refractivity contribution in [1.29, 1.82) is 0 Å². The Kier molecular flexibility index (Phi) is 6.05. The molecule has 0 aromatic carbocycles. The van der Waals surface area contributed by atoms with E-state index >= 15 is 0 Å². The van der Waals surface area contributed by atoms with Crippen molar-refractivity contribution in [3.05, 3.63) is 0 Å². The lowest BCUT2D eigenvalue weighted by molar-refractivity contribution is -0.0472. The molecule has 0 amide bonds. The summed E-state index contributed by atoms with van der Waals surface area (Å²) < 4.78 is 16.3. The van der Waals surface area contributed by atoms with Crippen LogP contribution in [0.3, 0.4) is 0 Å². The molecule has 1 aliphatic heterocycles. The number of methoxy groups -OCH3 is 1. The molecule has 1 rings (SSSR count). The lowest BCUT2D eigenvalue weighted by Crippen LogP contribution is -2.59. The van der Waals surface area contributed by atoms with Gasteiger partial charge in [0, 0.05) is 18.2 Å².